The minimum Gasteiger partial charge on any atom is -0.345 e. The third-order valence-corrected chi connectivity index (χ3v) is 5.24. The summed E-state index contributed by atoms with van der Waals surface area (Å²) in [6.45, 7) is 1.54. The van der Waals surface area contributed by atoms with Crippen LogP contribution in [0.4, 0.5) is 8.78 Å². The van der Waals surface area contributed by atoms with E-state index < -0.39 is 6.43 Å². The van der Waals surface area contributed by atoms with E-state index in [0.29, 0.717) is 12.1 Å². The molecule has 5 nitrogen and oxygen atoms in total. The minimum absolute atomic E-state index is 0.107. The summed E-state index contributed by atoms with van der Waals surface area (Å²) in [5, 5.41) is 13.4. The minimum atomic E-state index is -2.65. The zero-order valence-corrected chi connectivity index (χ0v) is 15.0. The molecule has 0 spiro atoms. The summed E-state index contributed by atoms with van der Waals surface area (Å²) in [4.78, 5) is 16.7. The van der Waals surface area contributed by atoms with Crippen molar-refractivity contribution in [3.8, 4) is 0 Å². The van der Waals surface area contributed by atoms with Crippen LogP contribution in [0.15, 0.2) is 34.5 Å². The molecule has 0 bridgehead atoms. The molecule has 1 N–H and O–H groups in total. The van der Waals surface area contributed by atoms with E-state index in [1.807, 2.05) is 22.2 Å². The van der Waals surface area contributed by atoms with Crippen LogP contribution in [-0.4, -0.2) is 20.7 Å². The fourth-order valence-corrected chi connectivity index (χ4v) is 3.80. The van der Waals surface area contributed by atoms with Crippen molar-refractivity contribution >= 4 is 28.6 Å². The number of rotatable bonds is 7. The first-order chi connectivity index (χ1) is 12.0. The number of alkyl halides is 2. The van der Waals surface area contributed by atoms with Gasteiger partial charge in [-0.3, -0.25) is 9.48 Å². The Hall–Kier alpha value is -2.13. The van der Waals surface area contributed by atoms with E-state index in [-0.39, 0.29) is 24.2 Å². The molecule has 0 fully saturated rings. The number of thiophene rings is 1. The number of carbonyl (C=O) groups excluding carboxylic acids is 1. The van der Waals surface area contributed by atoms with E-state index in [2.05, 4.69) is 15.4 Å². The van der Waals surface area contributed by atoms with Crippen LogP contribution >= 0.6 is 22.7 Å². The molecule has 0 saturated carbocycles. The van der Waals surface area contributed by atoms with Crippen LogP contribution in [0, 0.1) is 6.92 Å². The van der Waals surface area contributed by atoms with Crippen LogP contribution in [-0.2, 0) is 17.8 Å². The predicted molar refractivity (Wildman–Crippen MR) is 92.9 cm³/mol. The van der Waals surface area contributed by atoms with Gasteiger partial charge < -0.3 is 5.32 Å². The molecule has 1 atom stereocenters. The van der Waals surface area contributed by atoms with Gasteiger partial charge in [-0.1, -0.05) is 0 Å². The number of hydrogen-bond donors (Lipinski definition) is 1. The van der Waals surface area contributed by atoms with Crippen molar-refractivity contribution in [3.63, 3.8) is 0 Å². The second kappa shape index (κ2) is 7.83. The number of hydrogen-bond acceptors (Lipinski definition) is 5. The zero-order chi connectivity index (χ0) is 17.8. The number of aromatic nitrogens is 3. The Kier molecular flexibility index (Phi) is 5.54. The smallest absolute Gasteiger partial charge is 0.282 e. The van der Waals surface area contributed by atoms with Crippen molar-refractivity contribution in [3.05, 3.63) is 56.4 Å². The molecule has 9 heteroatoms. The lowest BCUT2D eigenvalue weighted by atomic mass is 10.1. The Balaban J connectivity index is 1.70. The number of halogens is 2. The molecule has 3 aromatic rings. The molecule has 0 saturated heterocycles. The molecule has 3 rings (SSSR count). The molecule has 0 aliphatic rings. The van der Waals surface area contributed by atoms with Gasteiger partial charge in [-0.05, 0) is 35.4 Å². The third kappa shape index (κ3) is 4.49. The van der Waals surface area contributed by atoms with E-state index in [1.54, 1.807) is 24.5 Å². The van der Waals surface area contributed by atoms with Crippen LogP contribution in [0.3, 0.4) is 0 Å². The number of amides is 1. The number of nitrogens with zero attached hydrogens (tertiary/aromatic N) is 3. The average Bonchev–Trinajstić information content (AvgIpc) is 3.29. The lowest BCUT2D eigenvalue weighted by Gasteiger charge is -2.16. The van der Waals surface area contributed by atoms with Crippen LogP contribution in [0.1, 0.15) is 34.4 Å². The van der Waals surface area contributed by atoms with Crippen molar-refractivity contribution < 1.29 is 13.6 Å². The third-order valence-electron chi connectivity index (χ3n) is 3.62. The Morgan fingerprint density at radius 2 is 2.24 bits per heavy atom. The maximum Gasteiger partial charge on any atom is 0.282 e. The summed E-state index contributed by atoms with van der Waals surface area (Å²) in [6.07, 6.45) is -0.327. The average molecular weight is 382 g/mol. The standard InChI is InChI=1S/C16H16F2N4OS2/c1-10-6-12(15(17)18)21-22(10)8-14(23)20-13(16-19-3-5-25-16)7-11-2-4-24-9-11/h2-6,9,13,15H,7-8H2,1H3,(H,20,23)/t13-/m1/s1. The van der Waals surface area contributed by atoms with Crippen molar-refractivity contribution in [2.45, 2.75) is 32.4 Å². The summed E-state index contributed by atoms with van der Waals surface area (Å²) in [7, 11) is 0. The van der Waals surface area contributed by atoms with Gasteiger partial charge in [-0.15, -0.1) is 11.3 Å². The van der Waals surface area contributed by atoms with Gasteiger partial charge in [0.1, 0.15) is 17.2 Å². The molecule has 25 heavy (non-hydrogen) atoms. The maximum atomic E-state index is 12.7. The summed E-state index contributed by atoms with van der Waals surface area (Å²) < 4.78 is 26.7. The first-order valence-corrected chi connectivity index (χ1v) is 9.37. The van der Waals surface area contributed by atoms with Crippen molar-refractivity contribution in [2.75, 3.05) is 0 Å². The Morgan fingerprint density at radius 1 is 1.40 bits per heavy atom. The maximum absolute atomic E-state index is 12.7. The first kappa shape index (κ1) is 17.7. The molecule has 0 aromatic carbocycles. The molecule has 1 amide bonds. The SMILES string of the molecule is Cc1cc(C(F)F)nn1CC(=O)N[C@H](Cc1ccsc1)c1nccs1. The van der Waals surface area contributed by atoms with Crippen LogP contribution in [0.2, 0.25) is 0 Å². The largest absolute Gasteiger partial charge is 0.345 e. The van der Waals surface area contributed by atoms with E-state index in [9.17, 15) is 13.6 Å². The Morgan fingerprint density at radius 3 is 2.84 bits per heavy atom. The van der Waals surface area contributed by atoms with Gasteiger partial charge in [-0.2, -0.15) is 16.4 Å². The lowest BCUT2D eigenvalue weighted by Crippen LogP contribution is -2.33. The molecule has 3 aromatic heterocycles. The van der Waals surface area contributed by atoms with Crippen LogP contribution < -0.4 is 5.32 Å². The highest BCUT2D eigenvalue weighted by Gasteiger charge is 2.20. The molecular weight excluding hydrogens is 366 g/mol. The predicted octanol–water partition coefficient (Wildman–Crippen LogP) is 3.75. The van der Waals surface area contributed by atoms with Crippen LogP contribution in [0.25, 0.3) is 0 Å². The summed E-state index contributed by atoms with van der Waals surface area (Å²) in [5.41, 5.74) is 1.31. The highest BCUT2D eigenvalue weighted by molar-refractivity contribution is 7.09. The molecule has 132 valence electrons. The monoisotopic (exact) mass is 382 g/mol. The summed E-state index contributed by atoms with van der Waals surface area (Å²) in [6, 6.07) is 3.04. The van der Waals surface area contributed by atoms with E-state index >= 15 is 0 Å². The van der Waals surface area contributed by atoms with Crippen molar-refractivity contribution in [1.29, 1.82) is 0 Å². The lowest BCUT2D eigenvalue weighted by molar-refractivity contribution is -0.122. The highest BCUT2D eigenvalue weighted by Crippen LogP contribution is 2.22. The highest BCUT2D eigenvalue weighted by atomic mass is 32.1. The fourth-order valence-electron chi connectivity index (χ4n) is 2.43. The first-order valence-electron chi connectivity index (χ1n) is 7.55. The van der Waals surface area contributed by atoms with E-state index in [4.69, 9.17) is 0 Å². The normalized spacial score (nSPS) is 12.5. The van der Waals surface area contributed by atoms with Crippen LogP contribution in [0.5, 0.6) is 0 Å². The number of thiazole rings is 1. The van der Waals surface area contributed by atoms with Crippen molar-refractivity contribution in [2.24, 2.45) is 0 Å². The molecule has 0 radical (unpaired) electrons. The fraction of sp³-hybridized carbons (Fsp3) is 0.312. The van der Waals surface area contributed by atoms with Gasteiger partial charge in [0.15, 0.2) is 0 Å². The van der Waals surface area contributed by atoms with E-state index in [0.717, 1.165) is 10.6 Å². The molecule has 3 heterocycles. The van der Waals surface area contributed by atoms with Gasteiger partial charge in [0.2, 0.25) is 5.91 Å². The molecule has 0 aliphatic carbocycles. The van der Waals surface area contributed by atoms with Gasteiger partial charge in [0, 0.05) is 23.7 Å². The number of nitrogens with one attached hydrogen (secondary N) is 1. The molecule has 0 aliphatic heterocycles. The quantitative estimate of drug-likeness (QED) is 0.677. The number of aryl methyl sites for hydroxylation is 1. The summed E-state index contributed by atoms with van der Waals surface area (Å²) >= 11 is 3.06. The van der Waals surface area contributed by atoms with Gasteiger partial charge in [-0.25, -0.2) is 13.8 Å². The Bertz CT molecular complexity index is 815. The van der Waals surface area contributed by atoms with Gasteiger partial charge in [0.05, 0.1) is 6.04 Å². The zero-order valence-electron chi connectivity index (χ0n) is 13.4. The van der Waals surface area contributed by atoms with E-state index in [1.165, 1.54) is 22.1 Å². The Labute approximate surface area is 151 Å². The van der Waals surface area contributed by atoms with Gasteiger partial charge in [0.25, 0.3) is 6.43 Å². The summed E-state index contributed by atoms with van der Waals surface area (Å²) in [5.74, 6) is -0.289. The second-order valence-corrected chi connectivity index (χ2v) is 7.20. The van der Waals surface area contributed by atoms with Crippen molar-refractivity contribution in [1.82, 2.24) is 20.1 Å². The molecule has 0 unspecified atom stereocenters. The second-order valence-electron chi connectivity index (χ2n) is 5.50. The topological polar surface area (TPSA) is 59.8 Å². The van der Waals surface area contributed by atoms with Gasteiger partial charge >= 0.3 is 0 Å². The number of carbonyl (C=O) groups is 1. The molecular formula is C16H16F2N4OS2.